The van der Waals surface area contributed by atoms with Gasteiger partial charge in [0.15, 0.2) is 0 Å². The highest BCUT2D eigenvalue weighted by Crippen LogP contribution is 2.25. The van der Waals surface area contributed by atoms with E-state index in [1.807, 2.05) is 32.0 Å². The van der Waals surface area contributed by atoms with Crippen LogP contribution in [0.4, 0.5) is 11.4 Å². The zero-order valence-electron chi connectivity index (χ0n) is 11.8. The minimum Gasteiger partial charge on any atom is -0.376 e. The van der Waals surface area contributed by atoms with Crippen molar-refractivity contribution in [1.29, 1.82) is 0 Å². The lowest BCUT2D eigenvalue weighted by atomic mass is 10.1. The molecule has 21 heavy (non-hydrogen) atoms. The number of nitrogens with one attached hydrogen (secondary N) is 2. The molecule has 0 aliphatic carbocycles. The van der Waals surface area contributed by atoms with Gasteiger partial charge in [0.1, 0.15) is 0 Å². The maximum Gasteiger partial charge on any atom is 0.243 e. The number of hydrogen-bond donors (Lipinski definition) is 2. The highest BCUT2D eigenvalue weighted by molar-refractivity contribution is 6.42. The molecule has 2 rings (SSSR count). The molecule has 110 valence electrons. The van der Waals surface area contributed by atoms with Gasteiger partial charge in [-0.25, -0.2) is 0 Å². The van der Waals surface area contributed by atoms with Gasteiger partial charge in [0, 0.05) is 11.4 Å². The minimum atomic E-state index is -0.113. The summed E-state index contributed by atoms with van der Waals surface area (Å²) in [4.78, 5) is 12.0. The molecule has 2 aromatic rings. The fourth-order valence-corrected chi connectivity index (χ4v) is 2.28. The van der Waals surface area contributed by atoms with Crippen molar-refractivity contribution in [1.82, 2.24) is 0 Å². The summed E-state index contributed by atoms with van der Waals surface area (Å²) in [5.41, 5.74) is 3.69. The van der Waals surface area contributed by atoms with Crippen LogP contribution < -0.4 is 10.6 Å². The van der Waals surface area contributed by atoms with Crippen LogP contribution in [0.15, 0.2) is 36.4 Å². The number of aryl methyl sites for hydroxylation is 2. The molecule has 0 bridgehead atoms. The van der Waals surface area contributed by atoms with Crippen LogP contribution in [0.25, 0.3) is 0 Å². The van der Waals surface area contributed by atoms with Crippen molar-refractivity contribution in [3.05, 3.63) is 57.6 Å². The third-order valence-electron chi connectivity index (χ3n) is 3.12. The summed E-state index contributed by atoms with van der Waals surface area (Å²) in [6, 6.07) is 11.1. The van der Waals surface area contributed by atoms with E-state index in [4.69, 9.17) is 23.2 Å². The van der Waals surface area contributed by atoms with E-state index in [9.17, 15) is 4.79 Å². The second kappa shape index (κ2) is 6.83. The Hall–Kier alpha value is -1.71. The number of carbonyl (C=O) groups excluding carboxylic acids is 1. The van der Waals surface area contributed by atoms with Gasteiger partial charge in [-0.05, 0) is 43.2 Å². The first-order chi connectivity index (χ1) is 9.97. The topological polar surface area (TPSA) is 41.1 Å². The average Bonchev–Trinajstić information content (AvgIpc) is 2.44. The molecule has 0 aliphatic heterocycles. The molecule has 0 heterocycles. The van der Waals surface area contributed by atoms with Crippen LogP contribution in [0.1, 0.15) is 11.1 Å². The standard InChI is InChI=1S/C16H16Cl2N2O/c1-10-4-3-5-11(2)16(10)20-15(21)9-19-12-6-7-13(17)14(18)8-12/h3-8,19H,9H2,1-2H3,(H,20,21). The van der Waals surface area contributed by atoms with Gasteiger partial charge >= 0.3 is 0 Å². The van der Waals surface area contributed by atoms with Crippen molar-refractivity contribution in [2.75, 3.05) is 17.2 Å². The lowest BCUT2D eigenvalue weighted by Crippen LogP contribution is -2.22. The number of halogens is 2. The van der Waals surface area contributed by atoms with Crippen molar-refractivity contribution in [2.45, 2.75) is 13.8 Å². The van der Waals surface area contributed by atoms with Gasteiger partial charge < -0.3 is 10.6 Å². The van der Waals surface area contributed by atoms with Crippen LogP contribution in [-0.2, 0) is 4.79 Å². The molecular formula is C16H16Cl2N2O. The lowest BCUT2D eigenvalue weighted by Gasteiger charge is -2.12. The van der Waals surface area contributed by atoms with E-state index in [2.05, 4.69) is 10.6 Å². The zero-order chi connectivity index (χ0) is 15.4. The predicted molar refractivity (Wildman–Crippen MR) is 89.5 cm³/mol. The Labute approximate surface area is 134 Å². The number of benzene rings is 2. The molecule has 1 amide bonds. The Balaban J connectivity index is 1.97. The average molecular weight is 323 g/mol. The summed E-state index contributed by atoms with van der Waals surface area (Å²) in [6.45, 7) is 4.09. The largest absolute Gasteiger partial charge is 0.376 e. The van der Waals surface area contributed by atoms with Crippen LogP contribution >= 0.6 is 23.2 Å². The number of amides is 1. The van der Waals surface area contributed by atoms with Gasteiger partial charge in [0.05, 0.1) is 16.6 Å². The summed E-state index contributed by atoms with van der Waals surface area (Å²) in [7, 11) is 0. The van der Waals surface area contributed by atoms with Crippen molar-refractivity contribution in [3.63, 3.8) is 0 Å². The Bertz CT molecular complexity index is 651. The fourth-order valence-electron chi connectivity index (χ4n) is 1.98. The fraction of sp³-hybridized carbons (Fsp3) is 0.188. The quantitative estimate of drug-likeness (QED) is 0.859. The van der Waals surface area contributed by atoms with Gasteiger partial charge in [-0.1, -0.05) is 41.4 Å². The van der Waals surface area contributed by atoms with Crippen LogP contribution in [-0.4, -0.2) is 12.5 Å². The molecule has 0 saturated carbocycles. The monoisotopic (exact) mass is 322 g/mol. The Kier molecular flexibility index (Phi) is 5.10. The number of para-hydroxylation sites is 1. The van der Waals surface area contributed by atoms with Crippen molar-refractivity contribution < 1.29 is 4.79 Å². The summed E-state index contributed by atoms with van der Waals surface area (Å²) >= 11 is 11.8. The summed E-state index contributed by atoms with van der Waals surface area (Å²) in [5, 5.41) is 6.87. The molecule has 3 nitrogen and oxygen atoms in total. The molecular weight excluding hydrogens is 307 g/mol. The molecule has 5 heteroatoms. The summed E-state index contributed by atoms with van der Waals surface area (Å²) in [5.74, 6) is -0.113. The molecule has 0 radical (unpaired) electrons. The van der Waals surface area contributed by atoms with E-state index in [0.717, 1.165) is 22.5 Å². The van der Waals surface area contributed by atoms with Gasteiger partial charge in [-0.2, -0.15) is 0 Å². The van der Waals surface area contributed by atoms with E-state index >= 15 is 0 Å². The normalized spacial score (nSPS) is 10.3. The highest BCUT2D eigenvalue weighted by Gasteiger charge is 2.07. The van der Waals surface area contributed by atoms with E-state index in [1.54, 1.807) is 18.2 Å². The van der Waals surface area contributed by atoms with Gasteiger partial charge in [0.25, 0.3) is 0 Å². The van der Waals surface area contributed by atoms with Crippen LogP contribution in [0, 0.1) is 13.8 Å². The first kappa shape index (κ1) is 15.7. The number of rotatable bonds is 4. The van der Waals surface area contributed by atoms with Crippen LogP contribution in [0.3, 0.4) is 0 Å². The molecule has 0 spiro atoms. The van der Waals surface area contributed by atoms with E-state index in [-0.39, 0.29) is 12.5 Å². The Morgan fingerprint density at radius 2 is 1.71 bits per heavy atom. The van der Waals surface area contributed by atoms with Gasteiger partial charge in [-0.15, -0.1) is 0 Å². The van der Waals surface area contributed by atoms with Gasteiger partial charge in [0.2, 0.25) is 5.91 Å². The first-order valence-electron chi connectivity index (χ1n) is 6.52. The molecule has 0 aromatic heterocycles. The third kappa shape index (κ3) is 4.13. The van der Waals surface area contributed by atoms with Crippen LogP contribution in [0.5, 0.6) is 0 Å². The predicted octanol–water partition coefficient (Wildman–Crippen LogP) is 4.66. The van der Waals surface area contributed by atoms with Crippen molar-refractivity contribution in [3.8, 4) is 0 Å². The minimum absolute atomic E-state index is 0.113. The zero-order valence-corrected chi connectivity index (χ0v) is 13.3. The van der Waals surface area contributed by atoms with Gasteiger partial charge in [-0.3, -0.25) is 4.79 Å². The lowest BCUT2D eigenvalue weighted by molar-refractivity contribution is -0.114. The first-order valence-corrected chi connectivity index (χ1v) is 7.28. The van der Waals surface area contributed by atoms with Crippen molar-refractivity contribution in [2.24, 2.45) is 0 Å². The molecule has 0 saturated heterocycles. The molecule has 0 aliphatic rings. The third-order valence-corrected chi connectivity index (χ3v) is 3.86. The second-order valence-electron chi connectivity index (χ2n) is 4.80. The SMILES string of the molecule is Cc1cccc(C)c1NC(=O)CNc1ccc(Cl)c(Cl)c1. The van der Waals surface area contributed by atoms with Crippen molar-refractivity contribution >= 4 is 40.5 Å². The Morgan fingerprint density at radius 1 is 1.05 bits per heavy atom. The molecule has 2 aromatic carbocycles. The van der Waals surface area contributed by atoms with E-state index < -0.39 is 0 Å². The number of carbonyl (C=O) groups is 1. The number of hydrogen-bond acceptors (Lipinski definition) is 2. The second-order valence-corrected chi connectivity index (χ2v) is 5.61. The summed E-state index contributed by atoms with van der Waals surface area (Å²) < 4.78 is 0. The van der Waals surface area contributed by atoms with Crippen LogP contribution in [0.2, 0.25) is 10.0 Å². The molecule has 0 unspecified atom stereocenters. The number of anilines is 2. The molecule has 0 fully saturated rings. The van der Waals surface area contributed by atoms with E-state index in [1.165, 1.54) is 0 Å². The van der Waals surface area contributed by atoms with E-state index in [0.29, 0.717) is 10.0 Å². The molecule has 0 atom stereocenters. The smallest absolute Gasteiger partial charge is 0.243 e. The summed E-state index contributed by atoms with van der Waals surface area (Å²) in [6.07, 6.45) is 0. The maximum absolute atomic E-state index is 12.0. The highest BCUT2D eigenvalue weighted by atomic mass is 35.5. The molecule has 2 N–H and O–H groups in total. The maximum atomic E-state index is 12.0. The Morgan fingerprint density at radius 3 is 2.33 bits per heavy atom.